The van der Waals surface area contributed by atoms with Gasteiger partial charge in [-0.25, -0.2) is 4.98 Å². The van der Waals surface area contributed by atoms with E-state index in [2.05, 4.69) is 22.6 Å². The van der Waals surface area contributed by atoms with Crippen LogP contribution in [0.5, 0.6) is 0 Å². The minimum atomic E-state index is 0.772. The largest absolute Gasteiger partial charge is 0.399 e. The lowest BCUT2D eigenvalue weighted by Gasteiger charge is -2.01. The van der Waals surface area contributed by atoms with Crippen molar-refractivity contribution in [2.75, 3.05) is 11.1 Å². The highest BCUT2D eigenvalue weighted by Gasteiger charge is 2.00. The minimum absolute atomic E-state index is 0.772. The van der Waals surface area contributed by atoms with E-state index in [-0.39, 0.29) is 0 Å². The predicted octanol–water partition coefficient (Wildman–Crippen LogP) is 3.03. The molecule has 2 aromatic rings. The number of anilines is 3. The van der Waals surface area contributed by atoms with Gasteiger partial charge in [-0.05, 0) is 30.7 Å². The second kappa shape index (κ2) is 4.31. The molecule has 2 rings (SSSR count). The molecule has 0 saturated carbocycles. The molecule has 78 valence electrons. The van der Waals surface area contributed by atoms with Gasteiger partial charge in [0, 0.05) is 16.8 Å². The molecular weight excluding hydrogens is 206 g/mol. The number of hydrogen-bond donors (Lipinski definition) is 2. The van der Waals surface area contributed by atoms with Gasteiger partial charge in [0.1, 0.15) is 0 Å². The first-order chi connectivity index (χ1) is 7.28. The Morgan fingerprint density at radius 3 is 2.67 bits per heavy atom. The summed E-state index contributed by atoms with van der Waals surface area (Å²) in [5.74, 6) is 0. The molecule has 0 spiro atoms. The highest BCUT2D eigenvalue weighted by molar-refractivity contribution is 7.13. The van der Waals surface area contributed by atoms with Gasteiger partial charge in [-0.2, -0.15) is 0 Å². The van der Waals surface area contributed by atoms with Crippen molar-refractivity contribution < 1.29 is 0 Å². The summed E-state index contributed by atoms with van der Waals surface area (Å²) in [6.45, 7) is 2.10. The van der Waals surface area contributed by atoms with Crippen molar-refractivity contribution in [1.82, 2.24) is 4.98 Å². The smallest absolute Gasteiger partial charge is 0.187 e. The zero-order chi connectivity index (χ0) is 10.7. The normalized spacial score (nSPS) is 10.2. The Balaban J connectivity index is 2.11. The van der Waals surface area contributed by atoms with Crippen LogP contribution in [0, 0.1) is 0 Å². The maximum absolute atomic E-state index is 5.60. The first kappa shape index (κ1) is 9.98. The van der Waals surface area contributed by atoms with Crippen LogP contribution in [0.3, 0.4) is 0 Å². The van der Waals surface area contributed by atoms with Gasteiger partial charge in [0.2, 0.25) is 0 Å². The van der Waals surface area contributed by atoms with Crippen LogP contribution in [0.2, 0.25) is 0 Å². The van der Waals surface area contributed by atoms with Crippen molar-refractivity contribution in [3.05, 3.63) is 35.3 Å². The average Bonchev–Trinajstić information content (AvgIpc) is 2.69. The molecule has 15 heavy (non-hydrogen) atoms. The summed E-state index contributed by atoms with van der Waals surface area (Å²) in [6.07, 6.45) is 0.972. The van der Waals surface area contributed by atoms with E-state index in [0.717, 1.165) is 28.6 Å². The van der Waals surface area contributed by atoms with Crippen molar-refractivity contribution in [3.8, 4) is 0 Å². The van der Waals surface area contributed by atoms with E-state index in [1.807, 2.05) is 24.3 Å². The van der Waals surface area contributed by atoms with Crippen molar-refractivity contribution >= 4 is 27.8 Å². The molecule has 0 amide bonds. The van der Waals surface area contributed by atoms with Crippen molar-refractivity contribution in [3.63, 3.8) is 0 Å². The molecule has 0 aliphatic carbocycles. The Bertz CT molecular complexity index is 433. The Labute approximate surface area is 93.0 Å². The number of nitrogens with two attached hydrogens (primary N) is 1. The molecule has 3 N–H and O–H groups in total. The maximum atomic E-state index is 5.60. The molecule has 3 nitrogen and oxygen atoms in total. The van der Waals surface area contributed by atoms with E-state index in [0.29, 0.717) is 0 Å². The number of aryl methyl sites for hydroxylation is 1. The molecule has 0 aliphatic heterocycles. The number of thiazole rings is 1. The van der Waals surface area contributed by atoms with E-state index in [4.69, 9.17) is 5.73 Å². The second-order valence-corrected chi connectivity index (χ2v) is 4.10. The summed E-state index contributed by atoms with van der Waals surface area (Å²) in [7, 11) is 0. The fourth-order valence-corrected chi connectivity index (χ4v) is 2.03. The molecule has 0 unspecified atom stereocenters. The molecule has 1 aromatic carbocycles. The van der Waals surface area contributed by atoms with E-state index in [9.17, 15) is 0 Å². The van der Waals surface area contributed by atoms with Gasteiger partial charge in [0.15, 0.2) is 5.13 Å². The third-order valence-electron chi connectivity index (χ3n) is 2.08. The van der Waals surface area contributed by atoms with Crippen molar-refractivity contribution in [2.45, 2.75) is 13.3 Å². The second-order valence-electron chi connectivity index (χ2n) is 3.24. The Hall–Kier alpha value is -1.55. The summed E-state index contributed by atoms with van der Waals surface area (Å²) < 4.78 is 0. The fraction of sp³-hybridized carbons (Fsp3) is 0.182. The zero-order valence-electron chi connectivity index (χ0n) is 8.53. The van der Waals surface area contributed by atoms with Crippen LogP contribution in [0.1, 0.15) is 12.6 Å². The number of rotatable bonds is 3. The summed E-state index contributed by atoms with van der Waals surface area (Å²) in [6, 6.07) is 7.64. The summed E-state index contributed by atoms with van der Waals surface area (Å²) in [5.41, 5.74) is 8.52. The van der Waals surface area contributed by atoms with E-state index in [1.165, 1.54) is 0 Å². The third kappa shape index (κ3) is 2.47. The molecule has 1 heterocycles. The maximum Gasteiger partial charge on any atom is 0.187 e. The summed E-state index contributed by atoms with van der Waals surface area (Å²) in [4.78, 5) is 4.42. The van der Waals surface area contributed by atoms with Gasteiger partial charge < -0.3 is 11.1 Å². The lowest BCUT2D eigenvalue weighted by molar-refractivity contribution is 1.06. The topological polar surface area (TPSA) is 50.9 Å². The lowest BCUT2D eigenvalue weighted by Crippen LogP contribution is -1.91. The van der Waals surface area contributed by atoms with E-state index >= 15 is 0 Å². The van der Waals surface area contributed by atoms with Crippen LogP contribution in [0.25, 0.3) is 0 Å². The van der Waals surface area contributed by atoms with Crippen molar-refractivity contribution in [1.29, 1.82) is 0 Å². The summed E-state index contributed by atoms with van der Waals surface area (Å²) in [5, 5.41) is 6.23. The Morgan fingerprint density at radius 1 is 1.33 bits per heavy atom. The molecule has 0 radical (unpaired) electrons. The molecule has 0 saturated heterocycles. The predicted molar refractivity (Wildman–Crippen MR) is 65.6 cm³/mol. The Morgan fingerprint density at radius 2 is 2.07 bits per heavy atom. The number of nitrogens with zero attached hydrogens (tertiary/aromatic N) is 1. The molecule has 0 bridgehead atoms. The van der Waals surface area contributed by atoms with Crippen LogP contribution < -0.4 is 11.1 Å². The SMILES string of the molecule is CCc1csc(Nc2ccc(N)cc2)n1. The standard InChI is InChI=1S/C11H13N3S/c1-2-9-7-15-11(13-9)14-10-5-3-8(12)4-6-10/h3-7H,2,12H2,1H3,(H,13,14). The Kier molecular flexibility index (Phi) is 2.87. The average molecular weight is 219 g/mol. The monoisotopic (exact) mass is 219 g/mol. The summed E-state index contributed by atoms with van der Waals surface area (Å²) >= 11 is 1.62. The minimum Gasteiger partial charge on any atom is -0.399 e. The van der Waals surface area contributed by atoms with Gasteiger partial charge in [-0.15, -0.1) is 11.3 Å². The van der Waals surface area contributed by atoms with Gasteiger partial charge >= 0.3 is 0 Å². The number of nitrogen functional groups attached to an aromatic ring is 1. The number of benzene rings is 1. The molecular formula is C11H13N3S. The van der Waals surface area contributed by atoms with Gasteiger partial charge in [-0.1, -0.05) is 6.92 Å². The van der Waals surface area contributed by atoms with E-state index < -0.39 is 0 Å². The fourth-order valence-electron chi connectivity index (χ4n) is 1.22. The highest BCUT2D eigenvalue weighted by atomic mass is 32.1. The highest BCUT2D eigenvalue weighted by Crippen LogP contribution is 2.21. The molecule has 0 aliphatic rings. The van der Waals surface area contributed by atoms with Crippen LogP contribution in [0.4, 0.5) is 16.5 Å². The number of hydrogen-bond acceptors (Lipinski definition) is 4. The van der Waals surface area contributed by atoms with Gasteiger partial charge in [-0.3, -0.25) is 0 Å². The lowest BCUT2D eigenvalue weighted by atomic mass is 10.3. The van der Waals surface area contributed by atoms with Crippen LogP contribution in [0.15, 0.2) is 29.6 Å². The molecule has 4 heteroatoms. The first-order valence-corrected chi connectivity index (χ1v) is 5.73. The van der Waals surface area contributed by atoms with Gasteiger partial charge in [0.05, 0.1) is 5.69 Å². The van der Waals surface area contributed by atoms with Crippen LogP contribution >= 0.6 is 11.3 Å². The zero-order valence-corrected chi connectivity index (χ0v) is 9.34. The molecule has 1 aromatic heterocycles. The van der Waals surface area contributed by atoms with Crippen molar-refractivity contribution in [2.24, 2.45) is 0 Å². The molecule has 0 fully saturated rings. The van der Waals surface area contributed by atoms with Crippen LogP contribution in [-0.2, 0) is 6.42 Å². The molecule has 0 atom stereocenters. The number of aromatic nitrogens is 1. The van der Waals surface area contributed by atoms with Crippen LogP contribution in [-0.4, -0.2) is 4.98 Å². The number of nitrogens with one attached hydrogen (secondary N) is 1. The van der Waals surface area contributed by atoms with E-state index in [1.54, 1.807) is 11.3 Å². The third-order valence-corrected chi connectivity index (χ3v) is 2.88. The quantitative estimate of drug-likeness (QED) is 0.780. The van der Waals surface area contributed by atoms with Gasteiger partial charge in [0.25, 0.3) is 0 Å². The first-order valence-electron chi connectivity index (χ1n) is 4.85.